The normalized spacial score (nSPS) is 27.2. The minimum absolute atomic E-state index is 0.190. The second-order valence-corrected chi connectivity index (χ2v) is 4.28. The van der Waals surface area contributed by atoms with Gasteiger partial charge in [-0.15, -0.1) is 0 Å². The van der Waals surface area contributed by atoms with Crippen molar-refractivity contribution >= 4 is 5.69 Å². The molecule has 88 valence electrons. The molecule has 0 aliphatic carbocycles. The Morgan fingerprint density at radius 3 is 2.88 bits per heavy atom. The summed E-state index contributed by atoms with van der Waals surface area (Å²) in [6.07, 6.45) is 6.16. The van der Waals surface area contributed by atoms with E-state index in [9.17, 15) is 0 Å². The highest BCUT2D eigenvalue weighted by molar-refractivity contribution is 5.47. The number of anilines is 1. The number of hydrogen-bond acceptors (Lipinski definition) is 4. The Kier molecular flexibility index (Phi) is 2.78. The molecule has 0 aromatic heterocycles. The summed E-state index contributed by atoms with van der Waals surface area (Å²) < 4.78 is 5.67. The summed E-state index contributed by atoms with van der Waals surface area (Å²) in [5.41, 5.74) is 1.08. The first-order valence-corrected chi connectivity index (χ1v) is 5.97. The van der Waals surface area contributed by atoms with E-state index in [4.69, 9.17) is 4.74 Å². The lowest BCUT2D eigenvalue weighted by Gasteiger charge is -2.30. The molecule has 2 unspecified atom stereocenters. The largest absolute Gasteiger partial charge is 0.496 e. The third kappa shape index (κ3) is 2.02. The Balaban J connectivity index is 1.79. The maximum absolute atomic E-state index is 5.67. The molecule has 0 N–H and O–H groups in total. The molecule has 4 heteroatoms. The smallest absolute Gasteiger partial charge is 0.122 e. The maximum Gasteiger partial charge on any atom is 0.122 e. The van der Waals surface area contributed by atoms with Crippen molar-refractivity contribution in [3.8, 4) is 0 Å². The lowest BCUT2D eigenvalue weighted by atomic mass is 10.0. The molecular formula is C13H15N3O. The van der Waals surface area contributed by atoms with E-state index in [2.05, 4.69) is 28.5 Å². The average molecular weight is 229 g/mol. The molecule has 0 bridgehead atoms. The molecule has 0 radical (unpaired) electrons. The van der Waals surface area contributed by atoms with Crippen molar-refractivity contribution in [3.63, 3.8) is 0 Å². The second kappa shape index (κ2) is 4.57. The van der Waals surface area contributed by atoms with Crippen LogP contribution in [-0.2, 0) is 4.74 Å². The molecule has 0 saturated carbocycles. The van der Waals surface area contributed by atoms with Crippen LogP contribution < -0.4 is 5.01 Å². The number of benzene rings is 1. The molecule has 0 saturated heterocycles. The van der Waals surface area contributed by atoms with Crippen LogP contribution in [0.25, 0.3) is 0 Å². The zero-order valence-electron chi connectivity index (χ0n) is 9.57. The van der Waals surface area contributed by atoms with E-state index in [1.807, 2.05) is 23.2 Å². The minimum Gasteiger partial charge on any atom is -0.496 e. The molecule has 2 heterocycles. The summed E-state index contributed by atoms with van der Waals surface area (Å²) in [4.78, 5) is 0. The minimum atomic E-state index is 0.190. The fourth-order valence-electron chi connectivity index (χ4n) is 2.27. The molecule has 4 nitrogen and oxygen atoms in total. The van der Waals surface area contributed by atoms with E-state index < -0.39 is 0 Å². The van der Waals surface area contributed by atoms with Crippen LogP contribution in [0.15, 0.2) is 53.0 Å². The number of allylic oxidation sites excluding steroid dienone is 1. The summed E-state index contributed by atoms with van der Waals surface area (Å²) in [5.74, 6) is 0. The maximum atomic E-state index is 5.67. The molecule has 2 aliphatic heterocycles. The van der Waals surface area contributed by atoms with Gasteiger partial charge >= 0.3 is 0 Å². The summed E-state index contributed by atoms with van der Waals surface area (Å²) in [6, 6.07) is 10.4. The van der Waals surface area contributed by atoms with Gasteiger partial charge in [-0.05, 0) is 31.1 Å². The van der Waals surface area contributed by atoms with Gasteiger partial charge in [0.1, 0.15) is 12.1 Å². The number of para-hydroxylation sites is 1. The van der Waals surface area contributed by atoms with Crippen LogP contribution in [0.1, 0.15) is 12.8 Å². The number of rotatable bonds is 2. The van der Waals surface area contributed by atoms with Crippen LogP contribution in [0.4, 0.5) is 5.69 Å². The van der Waals surface area contributed by atoms with Gasteiger partial charge < -0.3 is 4.74 Å². The van der Waals surface area contributed by atoms with Gasteiger partial charge in [-0.1, -0.05) is 23.4 Å². The van der Waals surface area contributed by atoms with Crippen LogP contribution >= 0.6 is 0 Å². The predicted molar refractivity (Wildman–Crippen MR) is 65.7 cm³/mol. The van der Waals surface area contributed by atoms with E-state index >= 15 is 0 Å². The first kappa shape index (κ1) is 10.3. The van der Waals surface area contributed by atoms with Crippen molar-refractivity contribution < 1.29 is 4.74 Å². The molecule has 2 aliphatic rings. The molecule has 1 aromatic rings. The Morgan fingerprint density at radius 1 is 1.24 bits per heavy atom. The summed E-state index contributed by atoms with van der Waals surface area (Å²) in [6.45, 7) is 0.716. The van der Waals surface area contributed by atoms with Crippen molar-refractivity contribution in [2.45, 2.75) is 25.0 Å². The van der Waals surface area contributed by atoms with Gasteiger partial charge in [0.2, 0.25) is 0 Å². The van der Waals surface area contributed by atoms with Crippen molar-refractivity contribution in [2.24, 2.45) is 10.3 Å². The summed E-state index contributed by atoms with van der Waals surface area (Å²) in [7, 11) is 0. The fraction of sp³-hybridized carbons (Fsp3) is 0.385. The molecular weight excluding hydrogens is 214 g/mol. The van der Waals surface area contributed by atoms with Crippen LogP contribution in [0.5, 0.6) is 0 Å². The van der Waals surface area contributed by atoms with Gasteiger partial charge in [0.15, 0.2) is 0 Å². The van der Waals surface area contributed by atoms with Gasteiger partial charge in [-0.25, -0.2) is 5.01 Å². The SMILES string of the molecule is C1=COC(C2CN=NN2c2ccccc2)CC1. The van der Waals surface area contributed by atoms with E-state index in [0.717, 1.165) is 18.5 Å². The third-order valence-electron chi connectivity index (χ3n) is 3.16. The van der Waals surface area contributed by atoms with Crippen molar-refractivity contribution in [3.05, 3.63) is 42.7 Å². The topological polar surface area (TPSA) is 37.2 Å². The zero-order valence-corrected chi connectivity index (χ0v) is 9.57. The Morgan fingerprint density at radius 2 is 2.12 bits per heavy atom. The lowest BCUT2D eigenvalue weighted by molar-refractivity contribution is 0.103. The van der Waals surface area contributed by atoms with Crippen molar-refractivity contribution in [2.75, 3.05) is 11.6 Å². The van der Waals surface area contributed by atoms with Gasteiger partial charge in [-0.3, -0.25) is 0 Å². The number of ether oxygens (including phenoxy) is 1. The van der Waals surface area contributed by atoms with E-state index in [0.29, 0.717) is 6.54 Å². The zero-order chi connectivity index (χ0) is 11.5. The number of hydrogen-bond donors (Lipinski definition) is 0. The molecule has 3 rings (SSSR count). The fourth-order valence-corrected chi connectivity index (χ4v) is 2.27. The van der Waals surface area contributed by atoms with Gasteiger partial charge in [0.05, 0.1) is 18.5 Å². The highest BCUT2D eigenvalue weighted by Gasteiger charge is 2.33. The Bertz CT molecular complexity index is 430. The Labute approximate surface area is 101 Å². The molecule has 17 heavy (non-hydrogen) atoms. The molecule has 0 fully saturated rings. The van der Waals surface area contributed by atoms with Gasteiger partial charge in [-0.2, -0.15) is 5.11 Å². The quantitative estimate of drug-likeness (QED) is 0.781. The predicted octanol–water partition coefficient (Wildman–Crippen LogP) is 2.94. The van der Waals surface area contributed by atoms with Gasteiger partial charge in [0.25, 0.3) is 0 Å². The van der Waals surface area contributed by atoms with E-state index in [1.165, 1.54) is 0 Å². The lowest BCUT2D eigenvalue weighted by Crippen LogP contribution is -2.41. The van der Waals surface area contributed by atoms with Crippen LogP contribution in [-0.4, -0.2) is 18.7 Å². The molecule has 2 atom stereocenters. The highest BCUT2D eigenvalue weighted by atomic mass is 16.5. The van der Waals surface area contributed by atoms with Gasteiger partial charge in [0, 0.05) is 0 Å². The van der Waals surface area contributed by atoms with Crippen LogP contribution in [0.3, 0.4) is 0 Å². The summed E-state index contributed by atoms with van der Waals surface area (Å²) >= 11 is 0. The summed E-state index contributed by atoms with van der Waals surface area (Å²) in [5, 5.41) is 10.3. The van der Waals surface area contributed by atoms with Crippen molar-refractivity contribution in [1.82, 2.24) is 0 Å². The molecule has 0 amide bonds. The van der Waals surface area contributed by atoms with E-state index in [1.54, 1.807) is 6.26 Å². The second-order valence-electron chi connectivity index (χ2n) is 4.28. The standard InChI is InChI=1S/C13H15N3O/c1-2-6-11(7-3-1)16-12(10-14-15-16)13-8-4-5-9-17-13/h1-3,5-7,9,12-13H,4,8,10H2. The molecule has 1 aromatic carbocycles. The molecule has 0 spiro atoms. The van der Waals surface area contributed by atoms with Crippen LogP contribution in [0.2, 0.25) is 0 Å². The number of nitrogens with zero attached hydrogens (tertiary/aromatic N) is 3. The third-order valence-corrected chi connectivity index (χ3v) is 3.16. The van der Waals surface area contributed by atoms with Crippen molar-refractivity contribution in [1.29, 1.82) is 0 Å². The average Bonchev–Trinajstić information content (AvgIpc) is 2.90. The Hall–Kier alpha value is -1.84. The van der Waals surface area contributed by atoms with Crippen LogP contribution in [0, 0.1) is 0 Å². The highest BCUT2D eigenvalue weighted by Crippen LogP contribution is 2.27. The first-order chi connectivity index (χ1) is 8.45. The van der Waals surface area contributed by atoms with E-state index in [-0.39, 0.29) is 12.1 Å². The monoisotopic (exact) mass is 229 g/mol. The first-order valence-electron chi connectivity index (χ1n) is 5.97.